The van der Waals surface area contributed by atoms with Gasteiger partial charge in [-0.25, -0.2) is 0 Å². The van der Waals surface area contributed by atoms with Gasteiger partial charge in [0.1, 0.15) is 5.75 Å². The van der Waals surface area contributed by atoms with Crippen LogP contribution in [-0.2, 0) is 4.79 Å². The minimum Gasteiger partial charge on any atom is -0.492 e. The molecule has 0 saturated carbocycles. The largest absolute Gasteiger partial charge is 0.492 e. The molecule has 1 aromatic carbocycles. The van der Waals surface area contributed by atoms with Crippen molar-refractivity contribution >= 4 is 27.5 Å². The zero-order valence-electron chi connectivity index (χ0n) is 10.9. The lowest BCUT2D eigenvalue weighted by molar-refractivity contribution is -0.119. The molecule has 2 atom stereocenters. The second-order valence-electron chi connectivity index (χ2n) is 4.21. The molecular weight excluding hydrogens is 296 g/mol. The van der Waals surface area contributed by atoms with Gasteiger partial charge in [-0.05, 0) is 32.0 Å². The highest BCUT2D eigenvalue weighted by molar-refractivity contribution is 9.10. The Kier molecular flexibility index (Phi) is 5.62. The van der Waals surface area contributed by atoms with Crippen LogP contribution in [0.3, 0.4) is 0 Å². The Bertz CT molecular complexity index is 421. The van der Waals surface area contributed by atoms with E-state index in [-0.39, 0.29) is 17.9 Å². The normalized spacial score (nSPS) is 13.8. The number of nitrogens with one attached hydrogen (secondary N) is 1. The number of rotatable bonds is 5. The summed E-state index contributed by atoms with van der Waals surface area (Å²) in [6.45, 7) is 6.07. The molecule has 0 spiro atoms. The van der Waals surface area contributed by atoms with Crippen molar-refractivity contribution < 1.29 is 9.53 Å². The first-order chi connectivity index (χ1) is 8.45. The van der Waals surface area contributed by atoms with Gasteiger partial charge in [-0.1, -0.05) is 22.9 Å². The van der Waals surface area contributed by atoms with E-state index >= 15 is 0 Å². The van der Waals surface area contributed by atoms with E-state index in [1.54, 1.807) is 6.92 Å². The highest BCUT2D eigenvalue weighted by Crippen LogP contribution is 2.28. The maximum Gasteiger partial charge on any atom is 0.228 e. The quantitative estimate of drug-likeness (QED) is 0.878. The summed E-state index contributed by atoms with van der Waals surface area (Å²) in [6, 6.07) is 5.32. The van der Waals surface area contributed by atoms with Crippen molar-refractivity contribution in [2.45, 2.75) is 26.8 Å². The molecule has 0 aliphatic heterocycles. The molecule has 0 aliphatic rings. The molecule has 3 N–H and O–H groups in total. The number of benzene rings is 1. The summed E-state index contributed by atoms with van der Waals surface area (Å²) in [5, 5.41) is 2.84. The number of ether oxygens (including phenoxy) is 1. The minimum atomic E-state index is -0.251. The Balaban J connectivity index is 2.88. The van der Waals surface area contributed by atoms with E-state index in [9.17, 15) is 4.79 Å². The van der Waals surface area contributed by atoms with E-state index in [1.165, 1.54) is 0 Å². The third-order valence-electron chi connectivity index (χ3n) is 2.70. The molecule has 1 amide bonds. The molecule has 1 rings (SSSR count). The Morgan fingerprint density at radius 3 is 2.72 bits per heavy atom. The molecule has 4 nitrogen and oxygen atoms in total. The maximum atomic E-state index is 12.0. The third-order valence-corrected chi connectivity index (χ3v) is 3.19. The van der Waals surface area contributed by atoms with Gasteiger partial charge in [-0.15, -0.1) is 0 Å². The van der Waals surface area contributed by atoms with Gasteiger partial charge in [0.2, 0.25) is 5.91 Å². The summed E-state index contributed by atoms with van der Waals surface area (Å²) in [4.78, 5) is 12.0. The van der Waals surface area contributed by atoms with Crippen LogP contribution in [0.4, 0.5) is 5.69 Å². The van der Waals surface area contributed by atoms with Crippen molar-refractivity contribution in [3.8, 4) is 5.75 Å². The van der Waals surface area contributed by atoms with E-state index in [4.69, 9.17) is 10.5 Å². The lowest BCUT2D eigenvalue weighted by atomic mass is 10.0. The fraction of sp³-hybridized carbons (Fsp3) is 0.462. The van der Waals surface area contributed by atoms with Gasteiger partial charge in [-0.2, -0.15) is 0 Å². The minimum absolute atomic E-state index is 0.107. The zero-order chi connectivity index (χ0) is 13.7. The summed E-state index contributed by atoms with van der Waals surface area (Å²) in [7, 11) is 0. The molecule has 0 fully saturated rings. The van der Waals surface area contributed by atoms with Crippen molar-refractivity contribution in [1.82, 2.24) is 0 Å². The number of anilines is 1. The standard InChI is InChI=1S/C13H19BrN2O2/c1-4-18-12-6-5-10(14)7-11(12)16-13(17)8(2)9(3)15/h5-9H,4,15H2,1-3H3,(H,16,17). The monoisotopic (exact) mass is 314 g/mol. The van der Waals surface area contributed by atoms with E-state index in [1.807, 2.05) is 32.0 Å². The first-order valence-electron chi connectivity index (χ1n) is 5.94. The molecule has 0 saturated heterocycles. The summed E-state index contributed by atoms with van der Waals surface area (Å²) in [5.74, 6) is 0.299. The first-order valence-corrected chi connectivity index (χ1v) is 6.73. The predicted octanol–water partition coefficient (Wildman–Crippen LogP) is 2.77. The molecule has 100 valence electrons. The van der Waals surface area contributed by atoms with Crippen molar-refractivity contribution in [2.24, 2.45) is 11.7 Å². The van der Waals surface area contributed by atoms with Crippen molar-refractivity contribution in [1.29, 1.82) is 0 Å². The lowest BCUT2D eigenvalue weighted by Crippen LogP contribution is -2.34. The highest BCUT2D eigenvalue weighted by atomic mass is 79.9. The average molecular weight is 315 g/mol. The van der Waals surface area contributed by atoms with E-state index in [2.05, 4.69) is 21.2 Å². The van der Waals surface area contributed by atoms with Gasteiger partial charge in [0, 0.05) is 10.5 Å². The number of halogens is 1. The van der Waals surface area contributed by atoms with E-state index < -0.39 is 0 Å². The van der Waals surface area contributed by atoms with E-state index in [0.717, 1.165) is 4.47 Å². The van der Waals surface area contributed by atoms with Crippen LogP contribution in [-0.4, -0.2) is 18.6 Å². The van der Waals surface area contributed by atoms with Crippen LogP contribution in [0, 0.1) is 5.92 Å². The van der Waals surface area contributed by atoms with Crippen molar-refractivity contribution in [3.05, 3.63) is 22.7 Å². The molecule has 1 aromatic rings. The average Bonchev–Trinajstić information content (AvgIpc) is 2.31. The maximum absolute atomic E-state index is 12.0. The van der Waals surface area contributed by atoms with Crippen LogP contribution in [0.15, 0.2) is 22.7 Å². The topological polar surface area (TPSA) is 64.3 Å². The Morgan fingerprint density at radius 1 is 1.50 bits per heavy atom. The van der Waals surface area contributed by atoms with Gasteiger partial charge in [0.05, 0.1) is 18.2 Å². The molecular formula is C13H19BrN2O2. The number of nitrogens with two attached hydrogens (primary N) is 1. The number of carbonyl (C=O) groups is 1. The fourth-order valence-electron chi connectivity index (χ4n) is 1.37. The lowest BCUT2D eigenvalue weighted by Gasteiger charge is -2.17. The predicted molar refractivity (Wildman–Crippen MR) is 76.8 cm³/mol. The summed E-state index contributed by atoms with van der Waals surface area (Å²) < 4.78 is 6.35. The van der Waals surface area contributed by atoms with Crippen LogP contribution in [0.5, 0.6) is 5.75 Å². The first kappa shape index (κ1) is 15.0. The molecule has 0 radical (unpaired) electrons. The van der Waals surface area contributed by atoms with Gasteiger partial charge in [0.25, 0.3) is 0 Å². The molecule has 0 aromatic heterocycles. The summed E-state index contributed by atoms with van der Waals surface area (Å²) in [6.07, 6.45) is 0. The second kappa shape index (κ2) is 6.75. The van der Waals surface area contributed by atoms with Gasteiger partial charge in [0.15, 0.2) is 0 Å². The number of hydrogen-bond donors (Lipinski definition) is 2. The number of carbonyl (C=O) groups excluding carboxylic acids is 1. The van der Waals surface area contributed by atoms with E-state index in [0.29, 0.717) is 18.0 Å². The second-order valence-corrected chi connectivity index (χ2v) is 5.13. The Morgan fingerprint density at radius 2 is 2.17 bits per heavy atom. The Hall–Kier alpha value is -1.07. The molecule has 5 heteroatoms. The fourth-order valence-corrected chi connectivity index (χ4v) is 1.73. The molecule has 2 unspecified atom stereocenters. The summed E-state index contributed by atoms with van der Waals surface area (Å²) >= 11 is 3.37. The SMILES string of the molecule is CCOc1ccc(Br)cc1NC(=O)C(C)C(C)N. The van der Waals surface area contributed by atoms with Crippen molar-refractivity contribution in [3.63, 3.8) is 0 Å². The van der Waals surface area contributed by atoms with Crippen LogP contribution < -0.4 is 15.8 Å². The van der Waals surface area contributed by atoms with Crippen LogP contribution in [0.1, 0.15) is 20.8 Å². The van der Waals surface area contributed by atoms with Crippen LogP contribution in [0.25, 0.3) is 0 Å². The molecule has 18 heavy (non-hydrogen) atoms. The van der Waals surface area contributed by atoms with Crippen LogP contribution in [0.2, 0.25) is 0 Å². The summed E-state index contributed by atoms with van der Waals surface area (Å²) in [5.41, 5.74) is 6.37. The molecule has 0 aliphatic carbocycles. The van der Waals surface area contributed by atoms with Gasteiger partial charge in [-0.3, -0.25) is 4.79 Å². The molecule has 0 bridgehead atoms. The van der Waals surface area contributed by atoms with Gasteiger partial charge >= 0.3 is 0 Å². The van der Waals surface area contributed by atoms with Crippen molar-refractivity contribution in [2.75, 3.05) is 11.9 Å². The number of amides is 1. The zero-order valence-corrected chi connectivity index (χ0v) is 12.5. The van der Waals surface area contributed by atoms with Crippen LogP contribution >= 0.6 is 15.9 Å². The van der Waals surface area contributed by atoms with Gasteiger partial charge < -0.3 is 15.8 Å². The number of hydrogen-bond acceptors (Lipinski definition) is 3. The highest BCUT2D eigenvalue weighted by Gasteiger charge is 2.18. The molecule has 0 heterocycles. The third kappa shape index (κ3) is 3.99. The smallest absolute Gasteiger partial charge is 0.228 e. The Labute approximate surface area is 116 Å².